The summed E-state index contributed by atoms with van der Waals surface area (Å²) in [7, 11) is 2.00. The van der Waals surface area contributed by atoms with Crippen LogP contribution in [0, 0.1) is 20.8 Å². The molecule has 1 aromatic heterocycles. The number of hydrogen-bond donors (Lipinski definition) is 1. The molecule has 96 valence electrons. The molecule has 0 saturated carbocycles. The van der Waals surface area contributed by atoms with Crippen molar-refractivity contribution in [1.82, 2.24) is 5.32 Å². The molecule has 1 heterocycles. The number of benzene rings is 1. The third-order valence-corrected chi connectivity index (χ3v) is 3.63. The van der Waals surface area contributed by atoms with Crippen molar-refractivity contribution in [2.45, 2.75) is 33.2 Å². The first kappa shape index (κ1) is 12.9. The van der Waals surface area contributed by atoms with Crippen molar-refractivity contribution in [2.75, 3.05) is 7.05 Å². The van der Waals surface area contributed by atoms with E-state index in [1.807, 2.05) is 14.0 Å². The van der Waals surface area contributed by atoms with E-state index >= 15 is 0 Å². The van der Waals surface area contributed by atoms with Crippen LogP contribution in [0.25, 0.3) is 0 Å². The lowest BCUT2D eigenvalue weighted by molar-refractivity contribution is 0.512. The van der Waals surface area contributed by atoms with E-state index in [-0.39, 0.29) is 0 Å². The number of rotatable bonds is 4. The van der Waals surface area contributed by atoms with Gasteiger partial charge >= 0.3 is 0 Å². The summed E-state index contributed by atoms with van der Waals surface area (Å²) in [5, 5.41) is 3.37. The molecule has 0 saturated heterocycles. The molecule has 2 nitrogen and oxygen atoms in total. The summed E-state index contributed by atoms with van der Waals surface area (Å²) in [4.78, 5) is 0. The summed E-state index contributed by atoms with van der Waals surface area (Å²) in [6, 6.07) is 9.04. The van der Waals surface area contributed by atoms with Gasteiger partial charge in [-0.3, -0.25) is 0 Å². The minimum Gasteiger partial charge on any atom is -0.469 e. The highest BCUT2D eigenvalue weighted by Crippen LogP contribution is 2.23. The van der Waals surface area contributed by atoms with Crippen LogP contribution in [0.4, 0.5) is 0 Å². The lowest BCUT2D eigenvalue weighted by Crippen LogP contribution is -2.19. The molecule has 0 spiro atoms. The third-order valence-electron chi connectivity index (χ3n) is 3.63. The zero-order valence-corrected chi connectivity index (χ0v) is 11.6. The third kappa shape index (κ3) is 2.65. The monoisotopic (exact) mass is 243 g/mol. The Morgan fingerprint density at radius 1 is 1.11 bits per heavy atom. The van der Waals surface area contributed by atoms with Gasteiger partial charge in [0.15, 0.2) is 0 Å². The number of likely N-dealkylation sites (N-methyl/N-ethyl adjacent to an activating group) is 1. The fourth-order valence-electron chi connectivity index (χ4n) is 2.29. The number of aryl methyl sites for hydroxylation is 3. The van der Waals surface area contributed by atoms with Crippen LogP contribution in [0.3, 0.4) is 0 Å². The maximum atomic E-state index is 5.39. The molecule has 0 radical (unpaired) electrons. The Kier molecular flexibility index (Phi) is 3.87. The van der Waals surface area contributed by atoms with E-state index in [2.05, 4.69) is 43.4 Å². The molecule has 2 aromatic rings. The van der Waals surface area contributed by atoms with Gasteiger partial charge in [0.1, 0.15) is 5.76 Å². The fourth-order valence-corrected chi connectivity index (χ4v) is 2.29. The second-order valence-electron chi connectivity index (χ2n) is 4.90. The molecule has 18 heavy (non-hydrogen) atoms. The first-order valence-electron chi connectivity index (χ1n) is 6.39. The summed E-state index contributed by atoms with van der Waals surface area (Å²) in [6.07, 6.45) is 2.74. The topological polar surface area (TPSA) is 25.2 Å². The Labute approximate surface area is 109 Å². The standard InChI is InChI=1S/C16H21NO/c1-11-5-6-14(9-12(11)2)10-16(17-4)15-7-8-18-13(15)3/h5-9,16-17H,10H2,1-4H3. The first-order valence-corrected chi connectivity index (χ1v) is 6.39. The molecule has 2 rings (SSSR count). The van der Waals surface area contributed by atoms with Gasteiger partial charge in [-0.2, -0.15) is 0 Å². The van der Waals surface area contributed by atoms with Crippen molar-refractivity contribution >= 4 is 0 Å². The summed E-state index contributed by atoms with van der Waals surface area (Å²) < 4.78 is 5.39. The van der Waals surface area contributed by atoms with Crippen LogP contribution in [0.2, 0.25) is 0 Å². The number of furan rings is 1. The molecule has 1 aromatic carbocycles. The minimum absolute atomic E-state index is 0.311. The highest BCUT2D eigenvalue weighted by molar-refractivity contribution is 5.32. The van der Waals surface area contributed by atoms with Gasteiger partial charge in [-0.05, 0) is 57.0 Å². The largest absolute Gasteiger partial charge is 0.469 e. The predicted octanol–water partition coefficient (Wildman–Crippen LogP) is 3.71. The van der Waals surface area contributed by atoms with Gasteiger partial charge in [-0.25, -0.2) is 0 Å². The highest BCUT2D eigenvalue weighted by atomic mass is 16.3. The van der Waals surface area contributed by atoms with Crippen LogP contribution in [0.1, 0.15) is 34.1 Å². The molecule has 1 unspecified atom stereocenters. The van der Waals surface area contributed by atoms with Crippen molar-refractivity contribution in [3.05, 3.63) is 58.5 Å². The van der Waals surface area contributed by atoms with Crippen LogP contribution in [0.5, 0.6) is 0 Å². The Morgan fingerprint density at radius 3 is 2.44 bits per heavy atom. The normalized spacial score (nSPS) is 12.7. The van der Waals surface area contributed by atoms with E-state index in [1.54, 1.807) is 6.26 Å². The lowest BCUT2D eigenvalue weighted by Gasteiger charge is -2.16. The summed E-state index contributed by atoms with van der Waals surface area (Å²) >= 11 is 0. The van der Waals surface area contributed by atoms with Crippen LogP contribution < -0.4 is 5.32 Å². The summed E-state index contributed by atoms with van der Waals surface area (Å²) in [5.74, 6) is 0.998. The van der Waals surface area contributed by atoms with Gasteiger partial charge in [0.2, 0.25) is 0 Å². The minimum atomic E-state index is 0.311. The van der Waals surface area contributed by atoms with Gasteiger partial charge in [-0.15, -0.1) is 0 Å². The molecule has 2 heteroatoms. The van der Waals surface area contributed by atoms with Crippen molar-refractivity contribution < 1.29 is 4.42 Å². The maximum Gasteiger partial charge on any atom is 0.105 e. The Hall–Kier alpha value is -1.54. The first-order chi connectivity index (χ1) is 8.61. The van der Waals surface area contributed by atoms with Crippen LogP contribution in [-0.2, 0) is 6.42 Å². The van der Waals surface area contributed by atoms with E-state index in [0.29, 0.717) is 6.04 Å². The molecular formula is C16H21NO. The van der Waals surface area contributed by atoms with Gasteiger partial charge in [0, 0.05) is 11.6 Å². The molecule has 0 aliphatic carbocycles. The molecule has 0 bridgehead atoms. The fraction of sp³-hybridized carbons (Fsp3) is 0.375. The Balaban J connectivity index is 2.20. The van der Waals surface area contributed by atoms with Crippen LogP contribution in [-0.4, -0.2) is 7.05 Å². The smallest absolute Gasteiger partial charge is 0.105 e. The van der Waals surface area contributed by atoms with Crippen LogP contribution >= 0.6 is 0 Å². The molecule has 0 amide bonds. The van der Waals surface area contributed by atoms with E-state index < -0.39 is 0 Å². The van der Waals surface area contributed by atoms with Crippen molar-refractivity contribution in [3.63, 3.8) is 0 Å². The van der Waals surface area contributed by atoms with Gasteiger partial charge in [0.05, 0.1) is 6.26 Å². The average molecular weight is 243 g/mol. The molecule has 1 atom stereocenters. The summed E-state index contributed by atoms with van der Waals surface area (Å²) in [5.41, 5.74) is 5.30. The van der Waals surface area contributed by atoms with E-state index in [9.17, 15) is 0 Å². The SMILES string of the molecule is CNC(Cc1ccc(C)c(C)c1)c1ccoc1C. The van der Waals surface area contributed by atoms with Gasteiger partial charge in [-0.1, -0.05) is 18.2 Å². The van der Waals surface area contributed by atoms with Crippen LogP contribution in [0.15, 0.2) is 34.9 Å². The van der Waals surface area contributed by atoms with Crippen molar-refractivity contribution in [1.29, 1.82) is 0 Å². The number of hydrogen-bond acceptors (Lipinski definition) is 2. The molecule has 1 N–H and O–H groups in total. The molecular weight excluding hydrogens is 222 g/mol. The maximum absolute atomic E-state index is 5.39. The molecule has 0 aliphatic rings. The van der Waals surface area contributed by atoms with E-state index in [4.69, 9.17) is 4.42 Å². The van der Waals surface area contributed by atoms with Gasteiger partial charge in [0.25, 0.3) is 0 Å². The van der Waals surface area contributed by atoms with E-state index in [1.165, 1.54) is 22.3 Å². The average Bonchev–Trinajstić information content (AvgIpc) is 2.77. The number of nitrogens with one attached hydrogen (secondary N) is 1. The molecule has 0 aliphatic heterocycles. The lowest BCUT2D eigenvalue weighted by atomic mass is 9.97. The summed E-state index contributed by atoms with van der Waals surface area (Å²) in [6.45, 7) is 6.32. The Bertz CT molecular complexity index is 528. The zero-order valence-electron chi connectivity index (χ0n) is 11.6. The van der Waals surface area contributed by atoms with Crippen molar-refractivity contribution in [2.24, 2.45) is 0 Å². The van der Waals surface area contributed by atoms with E-state index in [0.717, 1.165) is 12.2 Å². The molecule has 0 fully saturated rings. The highest BCUT2D eigenvalue weighted by Gasteiger charge is 2.14. The second-order valence-corrected chi connectivity index (χ2v) is 4.90. The predicted molar refractivity (Wildman–Crippen MR) is 74.9 cm³/mol. The van der Waals surface area contributed by atoms with Gasteiger partial charge < -0.3 is 9.73 Å². The Morgan fingerprint density at radius 2 is 1.89 bits per heavy atom. The zero-order chi connectivity index (χ0) is 13.1. The van der Waals surface area contributed by atoms with Crippen molar-refractivity contribution in [3.8, 4) is 0 Å². The quantitative estimate of drug-likeness (QED) is 0.885. The second kappa shape index (κ2) is 5.40.